The number of thiazole rings is 1. The van der Waals surface area contributed by atoms with Gasteiger partial charge in [0.15, 0.2) is 0 Å². The first-order chi connectivity index (χ1) is 10.4. The lowest BCUT2D eigenvalue weighted by Crippen LogP contribution is -2.32. The second-order valence-corrected chi connectivity index (χ2v) is 6.75. The Morgan fingerprint density at radius 1 is 1.19 bits per heavy atom. The van der Waals surface area contributed by atoms with Crippen molar-refractivity contribution in [2.75, 3.05) is 13.1 Å². The lowest BCUT2D eigenvalue weighted by Gasteiger charge is -2.30. The Bertz CT molecular complexity index is 678. The van der Waals surface area contributed by atoms with Crippen molar-refractivity contribution in [1.29, 1.82) is 0 Å². The Morgan fingerprint density at radius 2 is 2.05 bits per heavy atom. The molecule has 1 aromatic carbocycles. The molecule has 3 aromatic rings. The zero-order chi connectivity index (χ0) is 14.1. The second kappa shape index (κ2) is 5.58. The molecule has 0 unspecified atom stereocenters. The largest absolute Gasteiger partial charge is 0.297 e. The number of nitrogens with one attached hydrogen (secondary N) is 1. The summed E-state index contributed by atoms with van der Waals surface area (Å²) in [5.74, 6) is 0.638. The molecule has 108 valence electrons. The van der Waals surface area contributed by atoms with E-state index in [0.717, 1.165) is 25.2 Å². The van der Waals surface area contributed by atoms with Crippen LogP contribution in [-0.4, -0.2) is 33.2 Å². The molecule has 1 aliphatic heterocycles. The van der Waals surface area contributed by atoms with E-state index in [-0.39, 0.29) is 0 Å². The van der Waals surface area contributed by atoms with Crippen LogP contribution in [0.15, 0.2) is 36.5 Å². The van der Waals surface area contributed by atoms with Crippen molar-refractivity contribution >= 4 is 21.6 Å². The summed E-state index contributed by atoms with van der Waals surface area (Å²) >= 11 is 1.82. The van der Waals surface area contributed by atoms with Crippen molar-refractivity contribution in [2.24, 2.45) is 0 Å². The van der Waals surface area contributed by atoms with Crippen LogP contribution in [-0.2, 0) is 6.54 Å². The number of H-pyrrole nitrogens is 1. The number of likely N-dealkylation sites (tertiary alicyclic amines) is 1. The molecule has 21 heavy (non-hydrogen) atoms. The first-order valence-electron chi connectivity index (χ1n) is 7.44. The lowest BCUT2D eigenvalue weighted by molar-refractivity contribution is 0.203. The zero-order valence-electron chi connectivity index (χ0n) is 11.8. The molecule has 1 saturated heterocycles. The van der Waals surface area contributed by atoms with Crippen LogP contribution in [0.4, 0.5) is 0 Å². The fourth-order valence-electron chi connectivity index (χ4n) is 3.07. The maximum Gasteiger partial charge on any atom is 0.108 e. The third kappa shape index (κ3) is 2.71. The van der Waals surface area contributed by atoms with Gasteiger partial charge in [0.1, 0.15) is 5.01 Å². The summed E-state index contributed by atoms with van der Waals surface area (Å²) in [6, 6.07) is 10.5. The fraction of sp³-hybridized carbons (Fsp3) is 0.375. The highest BCUT2D eigenvalue weighted by atomic mass is 32.1. The van der Waals surface area contributed by atoms with Gasteiger partial charge in [0, 0.05) is 17.8 Å². The van der Waals surface area contributed by atoms with E-state index in [2.05, 4.69) is 45.4 Å². The summed E-state index contributed by atoms with van der Waals surface area (Å²) in [4.78, 5) is 7.25. The summed E-state index contributed by atoms with van der Waals surface area (Å²) < 4.78 is 1.29. The molecule has 0 amide bonds. The minimum atomic E-state index is 0.638. The van der Waals surface area contributed by atoms with Gasteiger partial charge in [0.05, 0.1) is 16.8 Å². The number of nitrogens with zero attached hydrogens (tertiary/aromatic N) is 3. The van der Waals surface area contributed by atoms with Crippen LogP contribution in [0.3, 0.4) is 0 Å². The summed E-state index contributed by atoms with van der Waals surface area (Å²) in [6.45, 7) is 3.26. The van der Waals surface area contributed by atoms with Gasteiger partial charge < -0.3 is 0 Å². The molecule has 1 aliphatic rings. The maximum absolute atomic E-state index is 4.74. The van der Waals surface area contributed by atoms with Gasteiger partial charge in [0.25, 0.3) is 0 Å². The van der Waals surface area contributed by atoms with Crippen molar-refractivity contribution in [1.82, 2.24) is 20.1 Å². The Hall–Kier alpha value is -1.72. The third-order valence-electron chi connectivity index (χ3n) is 4.25. The van der Waals surface area contributed by atoms with E-state index in [9.17, 15) is 0 Å². The maximum atomic E-state index is 4.74. The van der Waals surface area contributed by atoms with E-state index in [4.69, 9.17) is 4.98 Å². The van der Waals surface area contributed by atoms with Gasteiger partial charge >= 0.3 is 0 Å². The number of hydrogen-bond donors (Lipinski definition) is 1. The molecule has 2 aromatic heterocycles. The molecule has 0 aliphatic carbocycles. The number of aromatic amines is 1. The van der Waals surface area contributed by atoms with Crippen LogP contribution in [0.2, 0.25) is 0 Å². The molecule has 1 N–H and O–H groups in total. The lowest BCUT2D eigenvalue weighted by atomic mass is 9.94. The van der Waals surface area contributed by atoms with E-state index in [0.29, 0.717) is 5.92 Å². The van der Waals surface area contributed by atoms with E-state index in [1.165, 1.54) is 28.2 Å². The Balaban J connectivity index is 1.40. The molecule has 1 fully saturated rings. The minimum Gasteiger partial charge on any atom is -0.297 e. The van der Waals surface area contributed by atoms with Crippen molar-refractivity contribution in [3.05, 3.63) is 47.2 Å². The van der Waals surface area contributed by atoms with Crippen LogP contribution >= 0.6 is 11.3 Å². The normalized spacial score (nSPS) is 17.5. The summed E-state index contributed by atoms with van der Waals surface area (Å²) in [5.41, 5.74) is 2.42. The van der Waals surface area contributed by atoms with Crippen LogP contribution in [0.25, 0.3) is 10.2 Å². The van der Waals surface area contributed by atoms with Crippen LogP contribution in [0.1, 0.15) is 29.5 Å². The molecule has 0 spiro atoms. The van der Waals surface area contributed by atoms with Crippen molar-refractivity contribution < 1.29 is 0 Å². The average Bonchev–Trinajstić information content (AvgIpc) is 3.17. The number of para-hydroxylation sites is 1. The number of benzene rings is 1. The molecule has 4 rings (SSSR count). The third-order valence-corrected chi connectivity index (χ3v) is 5.27. The van der Waals surface area contributed by atoms with Gasteiger partial charge in [-0.05, 0) is 44.1 Å². The highest BCUT2D eigenvalue weighted by Crippen LogP contribution is 2.28. The Morgan fingerprint density at radius 3 is 2.81 bits per heavy atom. The predicted molar refractivity (Wildman–Crippen MR) is 85.5 cm³/mol. The van der Waals surface area contributed by atoms with Crippen molar-refractivity contribution in [2.45, 2.75) is 25.3 Å². The monoisotopic (exact) mass is 298 g/mol. The fourth-order valence-corrected chi connectivity index (χ4v) is 4.08. The van der Waals surface area contributed by atoms with Crippen LogP contribution < -0.4 is 0 Å². The number of rotatable bonds is 3. The van der Waals surface area contributed by atoms with Gasteiger partial charge in [0.2, 0.25) is 0 Å². The van der Waals surface area contributed by atoms with Gasteiger partial charge in [-0.3, -0.25) is 10.00 Å². The molecule has 0 saturated carbocycles. The first kappa shape index (κ1) is 13.0. The Kier molecular flexibility index (Phi) is 3.45. The standard InChI is InChI=1S/C16H18N4S/c1-2-4-15-14(3-1)18-16(21-15)11-20-9-6-12(7-10-20)13-5-8-17-19-13/h1-5,8,12H,6-7,9-11H2,(H,17,19). The average molecular weight is 298 g/mol. The number of hydrogen-bond acceptors (Lipinski definition) is 4. The minimum absolute atomic E-state index is 0.638. The molecule has 4 nitrogen and oxygen atoms in total. The number of fused-ring (bicyclic) bond motifs is 1. The topological polar surface area (TPSA) is 44.8 Å². The Labute approximate surface area is 127 Å². The SMILES string of the molecule is c1ccc2sc(CN3CCC(c4ccn[nH]4)CC3)nc2c1. The highest BCUT2D eigenvalue weighted by Gasteiger charge is 2.22. The van der Waals surface area contributed by atoms with E-state index < -0.39 is 0 Å². The van der Waals surface area contributed by atoms with E-state index >= 15 is 0 Å². The summed E-state index contributed by atoms with van der Waals surface area (Å²) in [5, 5.41) is 8.40. The van der Waals surface area contributed by atoms with E-state index in [1.807, 2.05) is 17.5 Å². The van der Waals surface area contributed by atoms with Crippen LogP contribution in [0, 0.1) is 0 Å². The molecule has 3 heterocycles. The van der Waals surface area contributed by atoms with Crippen molar-refractivity contribution in [3.63, 3.8) is 0 Å². The van der Waals surface area contributed by atoms with Gasteiger partial charge in [-0.25, -0.2) is 4.98 Å². The molecule has 0 atom stereocenters. The molecular weight excluding hydrogens is 280 g/mol. The van der Waals surface area contributed by atoms with Gasteiger partial charge in [-0.15, -0.1) is 11.3 Å². The second-order valence-electron chi connectivity index (χ2n) is 5.64. The number of piperidine rings is 1. The highest BCUT2D eigenvalue weighted by molar-refractivity contribution is 7.18. The first-order valence-corrected chi connectivity index (χ1v) is 8.26. The molecule has 0 radical (unpaired) electrons. The smallest absolute Gasteiger partial charge is 0.108 e. The molecular formula is C16H18N4S. The zero-order valence-corrected chi connectivity index (χ0v) is 12.6. The number of aromatic nitrogens is 3. The molecule has 0 bridgehead atoms. The quantitative estimate of drug-likeness (QED) is 0.806. The summed E-state index contributed by atoms with van der Waals surface area (Å²) in [6.07, 6.45) is 4.25. The summed E-state index contributed by atoms with van der Waals surface area (Å²) in [7, 11) is 0. The molecule has 5 heteroatoms. The van der Waals surface area contributed by atoms with Gasteiger partial charge in [-0.2, -0.15) is 5.10 Å². The van der Waals surface area contributed by atoms with Crippen molar-refractivity contribution in [3.8, 4) is 0 Å². The predicted octanol–water partition coefficient (Wildman–Crippen LogP) is 3.40. The van der Waals surface area contributed by atoms with E-state index in [1.54, 1.807) is 0 Å². The van der Waals surface area contributed by atoms with Gasteiger partial charge in [-0.1, -0.05) is 12.1 Å². The van der Waals surface area contributed by atoms with Crippen LogP contribution in [0.5, 0.6) is 0 Å².